The van der Waals surface area contributed by atoms with E-state index in [4.69, 9.17) is 5.73 Å². The van der Waals surface area contributed by atoms with Crippen LogP contribution in [0.1, 0.15) is 37.3 Å². The highest BCUT2D eigenvalue weighted by Gasteiger charge is 2.27. The Labute approximate surface area is 105 Å². The molecule has 0 heterocycles. The molecule has 1 aliphatic carbocycles. The van der Waals surface area contributed by atoms with Crippen LogP contribution in [0, 0.1) is 0 Å². The number of hydrogen-bond donors (Lipinski definition) is 1. The van der Waals surface area contributed by atoms with Gasteiger partial charge in [0, 0.05) is 19.1 Å². The smallest absolute Gasteiger partial charge is 0.0180 e. The van der Waals surface area contributed by atoms with E-state index in [-0.39, 0.29) is 0 Å². The van der Waals surface area contributed by atoms with Crippen LogP contribution in [0.15, 0.2) is 24.3 Å². The highest BCUT2D eigenvalue weighted by molar-refractivity contribution is 5.27. The molecule has 2 rings (SSSR count). The Balaban J connectivity index is 1.91. The van der Waals surface area contributed by atoms with E-state index in [2.05, 4.69) is 36.1 Å². The van der Waals surface area contributed by atoms with Gasteiger partial charge in [-0.25, -0.2) is 0 Å². The lowest BCUT2D eigenvalue weighted by Crippen LogP contribution is -2.29. The van der Waals surface area contributed by atoms with E-state index >= 15 is 0 Å². The van der Waals surface area contributed by atoms with E-state index in [0.29, 0.717) is 6.54 Å². The first-order chi connectivity index (χ1) is 8.35. The monoisotopic (exact) mass is 232 g/mol. The van der Waals surface area contributed by atoms with E-state index in [0.717, 1.165) is 12.5 Å². The Morgan fingerprint density at radius 1 is 1.18 bits per heavy atom. The van der Waals surface area contributed by atoms with Crippen molar-refractivity contribution in [2.24, 2.45) is 5.73 Å². The van der Waals surface area contributed by atoms with Gasteiger partial charge in [-0.05, 0) is 43.4 Å². The molecule has 0 amide bonds. The molecule has 0 bridgehead atoms. The Bertz CT molecular complexity index is 345. The third-order valence-corrected chi connectivity index (χ3v) is 3.58. The van der Waals surface area contributed by atoms with Gasteiger partial charge in [-0.1, -0.05) is 31.2 Å². The first-order valence-electron chi connectivity index (χ1n) is 6.86. The van der Waals surface area contributed by atoms with Gasteiger partial charge in [-0.15, -0.1) is 0 Å². The normalized spacial score (nSPS) is 15.5. The van der Waals surface area contributed by atoms with Crippen LogP contribution in [0.2, 0.25) is 0 Å². The fourth-order valence-electron chi connectivity index (χ4n) is 2.47. The first-order valence-corrected chi connectivity index (χ1v) is 6.86. The minimum Gasteiger partial charge on any atom is -0.326 e. The second kappa shape index (κ2) is 6.18. The average molecular weight is 232 g/mol. The van der Waals surface area contributed by atoms with Crippen molar-refractivity contribution in [3.63, 3.8) is 0 Å². The lowest BCUT2D eigenvalue weighted by molar-refractivity contribution is 0.267. The molecular formula is C15H24N2. The van der Waals surface area contributed by atoms with Gasteiger partial charge < -0.3 is 10.6 Å². The van der Waals surface area contributed by atoms with E-state index in [1.54, 1.807) is 0 Å². The summed E-state index contributed by atoms with van der Waals surface area (Å²) in [6.45, 7) is 5.36. The van der Waals surface area contributed by atoms with E-state index in [1.165, 1.54) is 43.5 Å². The summed E-state index contributed by atoms with van der Waals surface area (Å²) in [6.07, 6.45) is 5.20. The molecule has 2 N–H and O–H groups in total. The highest BCUT2D eigenvalue weighted by Crippen LogP contribution is 2.27. The quantitative estimate of drug-likeness (QED) is 0.783. The van der Waals surface area contributed by atoms with Crippen LogP contribution in [0.4, 0.5) is 0 Å². The third-order valence-electron chi connectivity index (χ3n) is 3.58. The lowest BCUT2D eigenvalue weighted by atomic mass is 10.0. The minimum absolute atomic E-state index is 0.660. The zero-order valence-electron chi connectivity index (χ0n) is 10.9. The van der Waals surface area contributed by atoms with Crippen molar-refractivity contribution in [2.75, 3.05) is 13.1 Å². The van der Waals surface area contributed by atoms with Gasteiger partial charge in [0.25, 0.3) is 0 Å². The Morgan fingerprint density at radius 2 is 1.88 bits per heavy atom. The standard InChI is InChI=1S/C15H24N2/c1-2-10-17(15-7-8-15)11-9-13-5-3-4-6-14(13)12-16/h3-6,15H,2,7-12,16H2,1H3. The van der Waals surface area contributed by atoms with Gasteiger partial charge in [-0.3, -0.25) is 0 Å². The zero-order valence-corrected chi connectivity index (χ0v) is 10.9. The second-order valence-electron chi connectivity index (χ2n) is 4.99. The summed E-state index contributed by atoms with van der Waals surface area (Å²) in [5.74, 6) is 0. The topological polar surface area (TPSA) is 29.3 Å². The van der Waals surface area contributed by atoms with Crippen molar-refractivity contribution < 1.29 is 0 Å². The van der Waals surface area contributed by atoms with E-state index in [9.17, 15) is 0 Å². The summed E-state index contributed by atoms with van der Waals surface area (Å²) in [4.78, 5) is 2.65. The predicted octanol–water partition coefficient (Wildman–Crippen LogP) is 2.56. The van der Waals surface area contributed by atoms with Gasteiger partial charge in [-0.2, -0.15) is 0 Å². The fourth-order valence-corrected chi connectivity index (χ4v) is 2.47. The summed E-state index contributed by atoms with van der Waals surface area (Å²) >= 11 is 0. The Kier molecular flexibility index (Phi) is 4.57. The van der Waals surface area contributed by atoms with Crippen molar-refractivity contribution in [2.45, 2.75) is 45.2 Å². The maximum absolute atomic E-state index is 5.77. The van der Waals surface area contributed by atoms with Crippen molar-refractivity contribution in [3.8, 4) is 0 Å². The SMILES string of the molecule is CCCN(CCc1ccccc1CN)C1CC1. The molecule has 0 spiro atoms. The molecule has 0 atom stereocenters. The number of hydrogen-bond acceptors (Lipinski definition) is 2. The highest BCUT2D eigenvalue weighted by atomic mass is 15.2. The Morgan fingerprint density at radius 3 is 2.47 bits per heavy atom. The van der Waals surface area contributed by atoms with Crippen LogP contribution >= 0.6 is 0 Å². The van der Waals surface area contributed by atoms with Gasteiger partial charge in [0.1, 0.15) is 0 Å². The van der Waals surface area contributed by atoms with Crippen molar-refractivity contribution in [3.05, 3.63) is 35.4 Å². The van der Waals surface area contributed by atoms with E-state index in [1.807, 2.05) is 0 Å². The summed E-state index contributed by atoms with van der Waals surface area (Å²) in [7, 11) is 0. The molecule has 0 aromatic heterocycles. The van der Waals surface area contributed by atoms with Crippen LogP contribution in [-0.2, 0) is 13.0 Å². The third kappa shape index (κ3) is 3.55. The number of benzene rings is 1. The molecule has 2 heteroatoms. The van der Waals surface area contributed by atoms with Crippen LogP contribution < -0.4 is 5.73 Å². The molecule has 0 radical (unpaired) electrons. The fraction of sp³-hybridized carbons (Fsp3) is 0.600. The molecule has 17 heavy (non-hydrogen) atoms. The lowest BCUT2D eigenvalue weighted by Gasteiger charge is -2.21. The number of nitrogens with two attached hydrogens (primary N) is 1. The van der Waals surface area contributed by atoms with Gasteiger partial charge >= 0.3 is 0 Å². The molecule has 1 aliphatic rings. The molecule has 94 valence electrons. The first kappa shape index (κ1) is 12.6. The molecule has 1 fully saturated rings. The van der Waals surface area contributed by atoms with Gasteiger partial charge in [0.2, 0.25) is 0 Å². The van der Waals surface area contributed by atoms with E-state index < -0.39 is 0 Å². The number of nitrogens with zero attached hydrogens (tertiary/aromatic N) is 1. The summed E-state index contributed by atoms with van der Waals surface area (Å²) in [6, 6.07) is 9.45. The molecule has 1 saturated carbocycles. The maximum atomic E-state index is 5.77. The van der Waals surface area contributed by atoms with Gasteiger partial charge in [0.15, 0.2) is 0 Å². The summed E-state index contributed by atoms with van der Waals surface area (Å²) in [5.41, 5.74) is 8.51. The molecule has 1 aromatic rings. The van der Waals surface area contributed by atoms with Crippen LogP contribution in [0.5, 0.6) is 0 Å². The van der Waals surface area contributed by atoms with Gasteiger partial charge in [0.05, 0.1) is 0 Å². The predicted molar refractivity (Wildman–Crippen MR) is 72.9 cm³/mol. The molecular weight excluding hydrogens is 208 g/mol. The van der Waals surface area contributed by atoms with Crippen LogP contribution in [0.3, 0.4) is 0 Å². The largest absolute Gasteiger partial charge is 0.326 e. The van der Waals surface area contributed by atoms with Crippen molar-refractivity contribution in [1.82, 2.24) is 4.90 Å². The molecule has 0 saturated heterocycles. The Hall–Kier alpha value is -0.860. The molecule has 2 nitrogen and oxygen atoms in total. The summed E-state index contributed by atoms with van der Waals surface area (Å²) < 4.78 is 0. The molecule has 0 aliphatic heterocycles. The maximum Gasteiger partial charge on any atom is 0.0180 e. The van der Waals surface area contributed by atoms with Crippen molar-refractivity contribution >= 4 is 0 Å². The molecule has 0 unspecified atom stereocenters. The van der Waals surface area contributed by atoms with Crippen LogP contribution in [0.25, 0.3) is 0 Å². The zero-order chi connectivity index (χ0) is 12.1. The average Bonchev–Trinajstić information content (AvgIpc) is 3.19. The number of rotatable bonds is 7. The van der Waals surface area contributed by atoms with Crippen LogP contribution in [-0.4, -0.2) is 24.0 Å². The summed E-state index contributed by atoms with van der Waals surface area (Å²) in [5, 5.41) is 0. The van der Waals surface area contributed by atoms with Crippen molar-refractivity contribution in [1.29, 1.82) is 0 Å². The molecule has 1 aromatic carbocycles. The minimum atomic E-state index is 0.660. The second-order valence-corrected chi connectivity index (χ2v) is 4.99.